The minimum absolute atomic E-state index is 0. The van der Waals surface area contributed by atoms with Crippen LogP contribution in [0.25, 0.3) is 0 Å². The molecule has 15 heavy (non-hydrogen) atoms. The average molecular weight is 237 g/mol. The van der Waals surface area contributed by atoms with Gasteiger partial charge in [0.2, 0.25) is 0 Å². The van der Waals surface area contributed by atoms with Gasteiger partial charge in [0.05, 0.1) is 11.3 Å². The number of rotatable bonds is 2. The monoisotopic (exact) mass is 236 g/mol. The Hall–Kier alpha value is -0.770. The first-order chi connectivity index (χ1) is 6.23. The van der Waals surface area contributed by atoms with Gasteiger partial charge in [-0.2, -0.15) is 0 Å². The molecule has 0 aromatic carbocycles. The Morgan fingerprint density at radius 1 is 1.20 bits per heavy atom. The lowest BCUT2D eigenvalue weighted by molar-refractivity contribution is -0.157. The molecule has 88 valence electrons. The van der Waals surface area contributed by atoms with E-state index >= 15 is 0 Å². The SMILES string of the molecule is CC1(C(=O)O)CCC(C(=O)O)C1(C)C.Cl. The molecule has 0 amide bonds. The van der Waals surface area contributed by atoms with Crippen LogP contribution in [0.3, 0.4) is 0 Å². The van der Waals surface area contributed by atoms with Gasteiger partial charge < -0.3 is 10.2 Å². The number of hydrogen-bond acceptors (Lipinski definition) is 2. The molecule has 0 heterocycles. The van der Waals surface area contributed by atoms with E-state index in [-0.39, 0.29) is 12.4 Å². The van der Waals surface area contributed by atoms with Crippen LogP contribution in [0.5, 0.6) is 0 Å². The van der Waals surface area contributed by atoms with Crippen LogP contribution in [0.2, 0.25) is 0 Å². The highest BCUT2D eigenvalue weighted by atomic mass is 35.5. The van der Waals surface area contributed by atoms with E-state index in [0.29, 0.717) is 12.8 Å². The summed E-state index contributed by atoms with van der Waals surface area (Å²) in [5.41, 5.74) is -1.61. The number of carboxylic acids is 2. The van der Waals surface area contributed by atoms with Crippen molar-refractivity contribution in [1.29, 1.82) is 0 Å². The van der Waals surface area contributed by atoms with Crippen LogP contribution in [0.4, 0.5) is 0 Å². The van der Waals surface area contributed by atoms with E-state index in [1.807, 2.05) is 0 Å². The number of aliphatic carboxylic acids is 2. The standard InChI is InChI=1S/C10H16O4.ClH/c1-9(2)6(7(11)12)4-5-10(9,3)8(13)14;/h6H,4-5H2,1-3H3,(H,11,12)(H,13,14);1H. The van der Waals surface area contributed by atoms with Gasteiger partial charge in [-0.3, -0.25) is 9.59 Å². The summed E-state index contributed by atoms with van der Waals surface area (Å²) in [5, 5.41) is 18.1. The molecule has 2 atom stereocenters. The molecule has 2 unspecified atom stereocenters. The molecule has 0 aliphatic heterocycles. The van der Waals surface area contributed by atoms with Crippen LogP contribution in [0.15, 0.2) is 0 Å². The Balaban J connectivity index is 0.00000196. The molecule has 0 radical (unpaired) electrons. The second kappa shape index (κ2) is 4.00. The molecule has 0 aromatic heterocycles. The molecule has 0 saturated heterocycles. The highest BCUT2D eigenvalue weighted by molar-refractivity contribution is 5.85. The van der Waals surface area contributed by atoms with E-state index in [9.17, 15) is 9.59 Å². The van der Waals surface area contributed by atoms with Crippen LogP contribution in [-0.4, -0.2) is 22.2 Å². The van der Waals surface area contributed by atoms with Gasteiger partial charge >= 0.3 is 11.9 Å². The lowest BCUT2D eigenvalue weighted by atomic mass is 9.66. The molecular weight excluding hydrogens is 220 g/mol. The van der Waals surface area contributed by atoms with Crippen LogP contribution in [-0.2, 0) is 9.59 Å². The normalized spacial score (nSPS) is 33.1. The summed E-state index contributed by atoms with van der Waals surface area (Å²) in [6.07, 6.45) is 0.886. The van der Waals surface area contributed by atoms with E-state index in [4.69, 9.17) is 10.2 Å². The van der Waals surface area contributed by atoms with E-state index in [2.05, 4.69) is 0 Å². The molecule has 0 bridgehead atoms. The second-order valence-electron chi connectivity index (χ2n) is 4.79. The fourth-order valence-electron chi connectivity index (χ4n) is 2.32. The summed E-state index contributed by atoms with van der Waals surface area (Å²) in [5.74, 6) is -2.34. The molecule has 1 aliphatic rings. The summed E-state index contributed by atoms with van der Waals surface area (Å²) >= 11 is 0. The summed E-state index contributed by atoms with van der Waals surface area (Å²) in [6.45, 7) is 5.10. The van der Waals surface area contributed by atoms with Crippen molar-refractivity contribution in [3.8, 4) is 0 Å². The Kier molecular flexibility index (Phi) is 3.80. The quantitative estimate of drug-likeness (QED) is 0.769. The van der Waals surface area contributed by atoms with Crippen molar-refractivity contribution in [3.05, 3.63) is 0 Å². The van der Waals surface area contributed by atoms with Crippen LogP contribution < -0.4 is 0 Å². The summed E-state index contributed by atoms with van der Waals surface area (Å²) in [6, 6.07) is 0. The first-order valence-corrected chi connectivity index (χ1v) is 4.69. The molecule has 1 fully saturated rings. The minimum atomic E-state index is -0.921. The van der Waals surface area contributed by atoms with Crippen LogP contribution in [0, 0.1) is 16.7 Å². The maximum absolute atomic E-state index is 11.1. The largest absolute Gasteiger partial charge is 0.481 e. The predicted octanol–water partition coefficient (Wildman–Crippen LogP) is 2.02. The summed E-state index contributed by atoms with van der Waals surface area (Å²) in [4.78, 5) is 22.0. The topological polar surface area (TPSA) is 74.6 Å². The van der Waals surface area contributed by atoms with Crippen molar-refractivity contribution >= 4 is 24.3 Å². The van der Waals surface area contributed by atoms with Crippen LogP contribution in [0.1, 0.15) is 33.6 Å². The maximum Gasteiger partial charge on any atom is 0.309 e. The van der Waals surface area contributed by atoms with Crippen molar-refractivity contribution in [2.75, 3.05) is 0 Å². The van der Waals surface area contributed by atoms with Gasteiger partial charge in [-0.1, -0.05) is 13.8 Å². The number of carboxylic acid groups (broad SMARTS) is 2. The highest BCUT2D eigenvalue weighted by Gasteiger charge is 2.58. The van der Waals surface area contributed by atoms with Gasteiger partial charge in [0.15, 0.2) is 0 Å². The van der Waals surface area contributed by atoms with Crippen molar-refractivity contribution in [3.63, 3.8) is 0 Å². The maximum atomic E-state index is 11.1. The summed E-state index contributed by atoms with van der Waals surface area (Å²) < 4.78 is 0. The van der Waals surface area contributed by atoms with Gasteiger partial charge in [0.1, 0.15) is 0 Å². The van der Waals surface area contributed by atoms with Crippen molar-refractivity contribution in [2.24, 2.45) is 16.7 Å². The Morgan fingerprint density at radius 3 is 1.87 bits per heavy atom. The average Bonchev–Trinajstić information content (AvgIpc) is 2.24. The third-order valence-electron chi connectivity index (χ3n) is 4.00. The lowest BCUT2D eigenvalue weighted by Crippen LogP contribution is -2.42. The molecule has 0 aromatic rings. The molecule has 0 spiro atoms. The smallest absolute Gasteiger partial charge is 0.309 e. The third kappa shape index (κ3) is 1.83. The fraction of sp³-hybridized carbons (Fsp3) is 0.800. The van der Waals surface area contributed by atoms with Gasteiger partial charge in [-0.05, 0) is 25.2 Å². The third-order valence-corrected chi connectivity index (χ3v) is 4.00. The Labute approximate surface area is 95.1 Å². The zero-order valence-electron chi connectivity index (χ0n) is 9.11. The Morgan fingerprint density at radius 2 is 1.67 bits per heavy atom. The summed E-state index contributed by atoms with van der Waals surface area (Å²) in [7, 11) is 0. The van der Waals surface area contributed by atoms with Crippen molar-refractivity contribution in [2.45, 2.75) is 33.6 Å². The predicted molar refractivity (Wildman–Crippen MR) is 57.1 cm³/mol. The first kappa shape index (κ1) is 14.2. The molecular formula is C10H17ClO4. The minimum Gasteiger partial charge on any atom is -0.481 e. The zero-order valence-corrected chi connectivity index (χ0v) is 9.93. The molecule has 2 N–H and O–H groups in total. The Bertz CT molecular complexity index is 287. The first-order valence-electron chi connectivity index (χ1n) is 4.69. The van der Waals surface area contributed by atoms with E-state index in [1.54, 1.807) is 20.8 Å². The molecule has 4 nitrogen and oxygen atoms in total. The molecule has 1 aliphatic carbocycles. The number of carbonyl (C=O) groups is 2. The van der Waals surface area contributed by atoms with Crippen molar-refractivity contribution in [1.82, 2.24) is 0 Å². The lowest BCUT2D eigenvalue weighted by Gasteiger charge is -2.36. The van der Waals surface area contributed by atoms with Gasteiger partial charge in [-0.25, -0.2) is 0 Å². The molecule has 1 rings (SSSR count). The number of hydrogen-bond donors (Lipinski definition) is 2. The van der Waals surface area contributed by atoms with Crippen molar-refractivity contribution < 1.29 is 19.8 Å². The highest BCUT2D eigenvalue weighted by Crippen LogP contribution is 2.56. The molecule has 5 heteroatoms. The molecule has 1 saturated carbocycles. The number of halogens is 1. The second-order valence-corrected chi connectivity index (χ2v) is 4.79. The van der Waals surface area contributed by atoms with E-state index in [1.165, 1.54) is 0 Å². The van der Waals surface area contributed by atoms with E-state index < -0.39 is 28.7 Å². The zero-order chi connectivity index (χ0) is 11.1. The fourth-order valence-corrected chi connectivity index (χ4v) is 2.32. The van der Waals surface area contributed by atoms with Gasteiger partial charge in [0.25, 0.3) is 0 Å². The van der Waals surface area contributed by atoms with Crippen LogP contribution >= 0.6 is 12.4 Å². The van der Waals surface area contributed by atoms with Gasteiger partial charge in [0, 0.05) is 0 Å². The van der Waals surface area contributed by atoms with E-state index in [0.717, 1.165) is 0 Å². The van der Waals surface area contributed by atoms with Gasteiger partial charge in [-0.15, -0.1) is 12.4 Å².